The zero-order valence-corrected chi connectivity index (χ0v) is 11.7. The van der Waals surface area contributed by atoms with Gasteiger partial charge in [0.1, 0.15) is 5.75 Å². The first-order chi connectivity index (χ1) is 9.33. The lowest BCUT2D eigenvalue weighted by Crippen LogP contribution is -2.22. The highest BCUT2D eigenvalue weighted by Crippen LogP contribution is 2.16. The van der Waals surface area contributed by atoms with Crippen LogP contribution in [0.2, 0.25) is 0 Å². The van der Waals surface area contributed by atoms with E-state index < -0.39 is 0 Å². The lowest BCUT2D eigenvalue weighted by Gasteiger charge is -2.16. The predicted octanol–water partition coefficient (Wildman–Crippen LogP) is 3.76. The second-order valence-corrected chi connectivity index (χ2v) is 4.66. The lowest BCUT2D eigenvalue weighted by atomic mass is 10.1. The molecule has 0 radical (unpaired) electrons. The molecule has 0 saturated carbocycles. The van der Waals surface area contributed by atoms with Gasteiger partial charge >= 0.3 is 0 Å². The van der Waals surface area contributed by atoms with Crippen molar-refractivity contribution < 1.29 is 4.74 Å². The van der Waals surface area contributed by atoms with E-state index in [-0.39, 0.29) is 6.04 Å². The number of hydrogen-bond acceptors (Lipinski definition) is 2. The van der Waals surface area contributed by atoms with Crippen LogP contribution in [-0.4, -0.2) is 13.0 Å². The molecule has 1 N–H and O–H groups in total. The molecule has 2 nitrogen and oxygen atoms in total. The zero-order valence-electron chi connectivity index (χ0n) is 11.0. The smallest absolute Gasteiger partial charge is 0.118 e. The Bertz CT molecular complexity index is 484. The molecule has 0 aliphatic heterocycles. The Morgan fingerprint density at radius 3 is 2.32 bits per heavy atom. The summed E-state index contributed by atoms with van der Waals surface area (Å²) in [7, 11) is 1.67. The van der Waals surface area contributed by atoms with Crippen LogP contribution in [0, 0.1) is 0 Å². The van der Waals surface area contributed by atoms with Crippen molar-refractivity contribution in [1.29, 1.82) is 0 Å². The quantitative estimate of drug-likeness (QED) is 0.811. The van der Waals surface area contributed by atoms with Crippen molar-refractivity contribution in [1.82, 2.24) is 5.32 Å². The highest BCUT2D eigenvalue weighted by atomic mass is 35.5. The molecule has 3 heteroatoms. The molecule has 0 aromatic heterocycles. The average molecular weight is 276 g/mol. The summed E-state index contributed by atoms with van der Waals surface area (Å²) in [6.07, 6.45) is 0. The molecule has 100 valence electrons. The summed E-state index contributed by atoms with van der Waals surface area (Å²) in [6, 6.07) is 18.5. The van der Waals surface area contributed by atoms with Gasteiger partial charge in [0.15, 0.2) is 0 Å². The molecule has 2 rings (SSSR count). The first-order valence-corrected chi connectivity index (χ1v) is 6.84. The zero-order chi connectivity index (χ0) is 13.5. The summed E-state index contributed by atoms with van der Waals surface area (Å²) >= 11 is 6.03. The van der Waals surface area contributed by atoms with Gasteiger partial charge in [-0.25, -0.2) is 0 Å². The van der Waals surface area contributed by atoms with Crippen LogP contribution in [0.15, 0.2) is 54.6 Å². The van der Waals surface area contributed by atoms with Crippen LogP contribution in [0.3, 0.4) is 0 Å². The van der Waals surface area contributed by atoms with Crippen molar-refractivity contribution in [3.05, 3.63) is 65.7 Å². The fourth-order valence-corrected chi connectivity index (χ4v) is 2.22. The van der Waals surface area contributed by atoms with Gasteiger partial charge in [-0.3, -0.25) is 0 Å². The van der Waals surface area contributed by atoms with Crippen molar-refractivity contribution in [2.45, 2.75) is 12.6 Å². The summed E-state index contributed by atoms with van der Waals surface area (Å²) in [6.45, 7) is 0.788. The van der Waals surface area contributed by atoms with Crippen LogP contribution in [0.5, 0.6) is 5.75 Å². The normalized spacial score (nSPS) is 12.1. The number of halogens is 1. The SMILES string of the molecule is COc1ccc(CNC(CCl)c2ccccc2)cc1. The molecule has 19 heavy (non-hydrogen) atoms. The van der Waals surface area contributed by atoms with E-state index in [1.807, 2.05) is 30.3 Å². The molecule has 2 aromatic rings. The van der Waals surface area contributed by atoms with E-state index in [9.17, 15) is 0 Å². The van der Waals surface area contributed by atoms with E-state index in [0.29, 0.717) is 5.88 Å². The predicted molar refractivity (Wildman–Crippen MR) is 79.7 cm³/mol. The Labute approximate surface area is 119 Å². The third kappa shape index (κ3) is 3.98. The summed E-state index contributed by atoms with van der Waals surface area (Å²) < 4.78 is 5.14. The third-order valence-electron chi connectivity index (χ3n) is 3.07. The molecule has 2 aromatic carbocycles. The fourth-order valence-electron chi connectivity index (χ4n) is 1.93. The highest BCUT2D eigenvalue weighted by Gasteiger charge is 2.08. The Hall–Kier alpha value is -1.51. The van der Waals surface area contributed by atoms with Crippen LogP contribution in [0.25, 0.3) is 0 Å². The molecule has 0 heterocycles. The van der Waals surface area contributed by atoms with E-state index in [1.165, 1.54) is 11.1 Å². The summed E-state index contributed by atoms with van der Waals surface area (Å²) in [4.78, 5) is 0. The maximum absolute atomic E-state index is 6.03. The number of hydrogen-bond donors (Lipinski definition) is 1. The molecule has 1 atom stereocenters. The van der Waals surface area contributed by atoms with Crippen molar-refractivity contribution in [3.63, 3.8) is 0 Å². The van der Waals surface area contributed by atoms with Gasteiger partial charge in [-0.15, -0.1) is 11.6 Å². The van der Waals surface area contributed by atoms with E-state index in [4.69, 9.17) is 16.3 Å². The van der Waals surface area contributed by atoms with E-state index >= 15 is 0 Å². The lowest BCUT2D eigenvalue weighted by molar-refractivity contribution is 0.414. The standard InChI is InChI=1S/C16H18ClNO/c1-19-15-9-7-13(8-10-15)12-18-16(11-17)14-5-3-2-4-6-14/h2-10,16,18H,11-12H2,1H3. The first-order valence-electron chi connectivity index (χ1n) is 6.30. The minimum Gasteiger partial charge on any atom is -0.497 e. The second kappa shape index (κ2) is 7.17. The molecular weight excluding hydrogens is 258 g/mol. The molecule has 1 unspecified atom stereocenters. The van der Waals surface area contributed by atoms with Gasteiger partial charge in [-0.05, 0) is 23.3 Å². The highest BCUT2D eigenvalue weighted by molar-refractivity contribution is 6.18. The van der Waals surface area contributed by atoms with Crippen LogP contribution in [-0.2, 0) is 6.54 Å². The van der Waals surface area contributed by atoms with Gasteiger partial charge in [-0.2, -0.15) is 0 Å². The topological polar surface area (TPSA) is 21.3 Å². The van der Waals surface area contributed by atoms with Gasteiger partial charge in [0.25, 0.3) is 0 Å². The monoisotopic (exact) mass is 275 g/mol. The molecular formula is C16H18ClNO. The molecule has 0 aliphatic rings. The van der Waals surface area contributed by atoms with Crippen molar-refractivity contribution in [2.24, 2.45) is 0 Å². The maximum Gasteiger partial charge on any atom is 0.118 e. The Morgan fingerprint density at radius 1 is 1.05 bits per heavy atom. The van der Waals surface area contributed by atoms with Gasteiger partial charge in [0.05, 0.1) is 7.11 Å². The average Bonchev–Trinajstić information content (AvgIpc) is 2.49. The van der Waals surface area contributed by atoms with E-state index in [2.05, 4.69) is 29.6 Å². The third-order valence-corrected chi connectivity index (χ3v) is 3.38. The number of ether oxygens (including phenoxy) is 1. The van der Waals surface area contributed by atoms with Crippen LogP contribution in [0.1, 0.15) is 17.2 Å². The molecule has 0 bridgehead atoms. The van der Waals surface area contributed by atoms with E-state index in [0.717, 1.165) is 12.3 Å². The van der Waals surface area contributed by atoms with Gasteiger partial charge in [-0.1, -0.05) is 42.5 Å². The Balaban J connectivity index is 1.96. The number of benzene rings is 2. The van der Waals surface area contributed by atoms with Crippen molar-refractivity contribution in [2.75, 3.05) is 13.0 Å². The molecule has 0 aliphatic carbocycles. The maximum atomic E-state index is 6.03. The molecule has 0 fully saturated rings. The Kier molecular flexibility index (Phi) is 5.25. The molecule has 0 saturated heterocycles. The van der Waals surface area contributed by atoms with Gasteiger partial charge in [0, 0.05) is 18.5 Å². The van der Waals surface area contributed by atoms with Crippen LogP contribution < -0.4 is 10.1 Å². The minimum absolute atomic E-state index is 0.171. The van der Waals surface area contributed by atoms with Crippen molar-refractivity contribution in [3.8, 4) is 5.75 Å². The van der Waals surface area contributed by atoms with Crippen LogP contribution in [0.4, 0.5) is 0 Å². The number of alkyl halides is 1. The first kappa shape index (κ1) is 13.9. The van der Waals surface area contributed by atoms with Gasteiger partial charge in [0.2, 0.25) is 0 Å². The number of rotatable bonds is 6. The van der Waals surface area contributed by atoms with Gasteiger partial charge < -0.3 is 10.1 Å². The summed E-state index contributed by atoms with van der Waals surface area (Å²) in [5.74, 6) is 1.43. The fraction of sp³-hybridized carbons (Fsp3) is 0.250. The minimum atomic E-state index is 0.171. The molecule has 0 spiro atoms. The number of nitrogens with one attached hydrogen (secondary N) is 1. The Morgan fingerprint density at radius 2 is 1.74 bits per heavy atom. The summed E-state index contributed by atoms with van der Waals surface area (Å²) in [5, 5.41) is 3.47. The molecule has 0 amide bonds. The van der Waals surface area contributed by atoms with Crippen LogP contribution >= 0.6 is 11.6 Å². The second-order valence-electron chi connectivity index (χ2n) is 4.35. The van der Waals surface area contributed by atoms with Crippen molar-refractivity contribution >= 4 is 11.6 Å². The van der Waals surface area contributed by atoms with E-state index in [1.54, 1.807) is 7.11 Å². The number of methoxy groups -OCH3 is 1. The largest absolute Gasteiger partial charge is 0.497 e. The summed E-state index contributed by atoms with van der Waals surface area (Å²) in [5.41, 5.74) is 2.43.